The Bertz CT molecular complexity index is 508. The number of rotatable bonds is 3. The van der Waals surface area contributed by atoms with Crippen molar-refractivity contribution in [3.8, 4) is 0 Å². The monoisotopic (exact) mass is 265 g/mol. The average molecular weight is 265 g/mol. The third kappa shape index (κ3) is 4.95. The summed E-state index contributed by atoms with van der Waals surface area (Å²) in [6.07, 6.45) is 1.31. The molecule has 1 heterocycles. The van der Waals surface area contributed by atoms with Crippen molar-refractivity contribution >= 4 is 11.8 Å². The smallest absolute Gasteiger partial charge is 0.253 e. The molecule has 19 heavy (non-hydrogen) atoms. The van der Waals surface area contributed by atoms with Crippen molar-refractivity contribution in [1.82, 2.24) is 15.6 Å². The van der Waals surface area contributed by atoms with E-state index in [-0.39, 0.29) is 17.0 Å². The predicted octanol–water partition coefficient (Wildman–Crippen LogP) is 0.408. The van der Waals surface area contributed by atoms with Crippen molar-refractivity contribution in [2.24, 2.45) is 0 Å². The summed E-state index contributed by atoms with van der Waals surface area (Å²) in [6, 6.07) is 2.01. The Hall–Kier alpha value is -2.11. The first-order valence-electron chi connectivity index (χ1n) is 6.01. The van der Waals surface area contributed by atoms with Gasteiger partial charge in [0.25, 0.3) is 5.91 Å². The van der Waals surface area contributed by atoms with E-state index in [1.807, 2.05) is 20.8 Å². The number of H-pyrrole nitrogens is 1. The van der Waals surface area contributed by atoms with Gasteiger partial charge in [0.15, 0.2) is 0 Å². The van der Waals surface area contributed by atoms with Gasteiger partial charge in [0.2, 0.25) is 11.5 Å². The van der Waals surface area contributed by atoms with E-state index < -0.39 is 11.9 Å². The Kier molecular flexibility index (Phi) is 4.47. The fraction of sp³-hybridized carbons (Fsp3) is 0.462. The second-order valence-corrected chi connectivity index (χ2v) is 5.38. The fourth-order valence-electron chi connectivity index (χ4n) is 1.38. The highest BCUT2D eigenvalue weighted by Gasteiger charge is 2.21. The third-order valence-corrected chi connectivity index (χ3v) is 2.29. The Morgan fingerprint density at radius 3 is 2.37 bits per heavy atom. The summed E-state index contributed by atoms with van der Waals surface area (Å²) in [4.78, 5) is 36.9. The van der Waals surface area contributed by atoms with Gasteiger partial charge in [-0.05, 0) is 33.8 Å². The normalized spacial score (nSPS) is 12.6. The van der Waals surface area contributed by atoms with Gasteiger partial charge in [0.05, 0.1) is 5.56 Å². The Morgan fingerprint density at radius 2 is 1.89 bits per heavy atom. The minimum absolute atomic E-state index is 0.259. The molecule has 0 aliphatic carbocycles. The second-order valence-electron chi connectivity index (χ2n) is 5.38. The quantitative estimate of drug-likeness (QED) is 0.739. The summed E-state index contributed by atoms with van der Waals surface area (Å²) < 4.78 is 0. The van der Waals surface area contributed by atoms with Crippen LogP contribution in [0, 0.1) is 0 Å². The summed E-state index contributed by atoms with van der Waals surface area (Å²) in [6.45, 7) is 7.19. The van der Waals surface area contributed by atoms with Crippen LogP contribution in [0.4, 0.5) is 0 Å². The first kappa shape index (κ1) is 14.9. The van der Waals surface area contributed by atoms with Gasteiger partial charge in [-0.2, -0.15) is 0 Å². The van der Waals surface area contributed by atoms with Crippen molar-refractivity contribution < 1.29 is 9.59 Å². The molecule has 0 unspecified atom stereocenters. The van der Waals surface area contributed by atoms with Gasteiger partial charge in [0, 0.05) is 17.8 Å². The second kappa shape index (κ2) is 5.69. The maximum atomic E-state index is 11.8. The molecular weight excluding hydrogens is 246 g/mol. The summed E-state index contributed by atoms with van der Waals surface area (Å²) in [5.74, 6) is -0.668. The summed E-state index contributed by atoms with van der Waals surface area (Å²) >= 11 is 0. The van der Waals surface area contributed by atoms with Crippen molar-refractivity contribution in [3.05, 3.63) is 34.2 Å². The van der Waals surface area contributed by atoms with Crippen molar-refractivity contribution in [2.75, 3.05) is 0 Å². The summed E-state index contributed by atoms with van der Waals surface area (Å²) in [7, 11) is 0. The summed E-state index contributed by atoms with van der Waals surface area (Å²) in [5.41, 5.74) is -0.335. The van der Waals surface area contributed by atoms with Crippen LogP contribution in [0.25, 0.3) is 0 Å². The van der Waals surface area contributed by atoms with Crippen LogP contribution < -0.4 is 16.2 Å². The maximum absolute atomic E-state index is 11.8. The van der Waals surface area contributed by atoms with Crippen molar-refractivity contribution in [2.45, 2.75) is 39.3 Å². The number of hydrogen-bond donors (Lipinski definition) is 3. The van der Waals surface area contributed by atoms with E-state index in [0.717, 1.165) is 0 Å². The SMILES string of the molecule is C[C@@H](NC(=O)c1ccc(=O)[nH]c1)C(=O)NC(C)(C)C. The molecule has 0 aliphatic heterocycles. The lowest BCUT2D eigenvalue weighted by molar-refractivity contribution is -0.124. The molecule has 2 amide bonds. The zero-order chi connectivity index (χ0) is 14.6. The number of nitrogens with one attached hydrogen (secondary N) is 3. The zero-order valence-electron chi connectivity index (χ0n) is 11.5. The number of pyridine rings is 1. The molecular formula is C13H19N3O3. The Morgan fingerprint density at radius 1 is 1.26 bits per heavy atom. The molecule has 0 spiro atoms. The van der Waals surface area contributed by atoms with Crippen molar-refractivity contribution in [1.29, 1.82) is 0 Å². The number of aromatic amines is 1. The van der Waals surface area contributed by atoms with Gasteiger partial charge < -0.3 is 15.6 Å². The lowest BCUT2D eigenvalue weighted by atomic mass is 10.1. The van der Waals surface area contributed by atoms with E-state index >= 15 is 0 Å². The number of amides is 2. The molecule has 0 bridgehead atoms. The van der Waals surface area contributed by atoms with E-state index in [2.05, 4.69) is 15.6 Å². The maximum Gasteiger partial charge on any atom is 0.253 e. The van der Waals surface area contributed by atoms with E-state index in [1.165, 1.54) is 18.3 Å². The van der Waals surface area contributed by atoms with Gasteiger partial charge in [0.1, 0.15) is 6.04 Å². The van der Waals surface area contributed by atoms with E-state index in [9.17, 15) is 14.4 Å². The topological polar surface area (TPSA) is 91.1 Å². The number of aromatic nitrogens is 1. The minimum atomic E-state index is -0.654. The largest absolute Gasteiger partial charge is 0.350 e. The van der Waals surface area contributed by atoms with E-state index in [1.54, 1.807) is 6.92 Å². The van der Waals surface area contributed by atoms with Crippen LogP contribution >= 0.6 is 0 Å². The molecule has 1 atom stereocenters. The van der Waals surface area contributed by atoms with Crippen LogP contribution in [0.5, 0.6) is 0 Å². The van der Waals surface area contributed by atoms with Crippen LogP contribution in [0.1, 0.15) is 38.1 Å². The number of hydrogen-bond acceptors (Lipinski definition) is 3. The predicted molar refractivity (Wildman–Crippen MR) is 71.9 cm³/mol. The van der Waals surface area contributed by atoms with Crippen LogP contribution in [-0.4, -0.2) is 28.4 Å². The molecule has 1 aromatic heterocycles. The lowest BCUT2D eigenvalue weighted by Gasteiger charge is -2.23. The highest BCUT2D eigenvalue weighted by Crippen LogP contribution is 2.00. The van der Waals surface area contributed by atoms with Gasteiger partial charge >= 0.3 is 0 Å². The highest BCUT2D eigenvalue weighted by molar-refractivity contribution is 5.97. The molecule has 6 heteroatoms. The number of carbonyl (C=O) groups excluding carboxylic acids is 2. The van der Waals surface area contributed by atoms with Gasteiger partial charge in [-0.3, -0.25) is 14.4 Å². The van der Waals surface area contributed by atoms with Gasteiger partial charge in [-0.25, -0.2) is 0 Å². The summed E-state index contributed by atoms with van der Waals surface area (Å²) in [5, 5.41) is 5.34. The van der Waals surface area contributed by atoms with Gasteiger partial charge in [-0.15, -0.1) is 0 Å². The highest BCUT2D eigenvalue weighted by atomic mass is 16.2. The molecule has 0 saturated carbocycles. The Labute approximate surface area is 111 Å². The molecule has 1 rings (SSSR count). The standard InChI is InChI=1S/C13H19N3O3/c1-8(11(18)16-13(2,3)4)15-12(19)9-5-6-10(17)14-7-9/h5-8H,1-4H3,(H,14,17)(H,15,19)(H,16,18)/t8-/m1/s1. The lowest BCUT2D eigenvalue weighted by Crippen LogP contribution is -2.50. The molecule has 0 fully saturated rings. The average Bonchev–Trinajstić information content (AvgIpc) is 2.27. The fourth-order valence-corrected chi connectivity index (χ4v) is 1.38. The van der Waals surface area contributed by atoms with E-state index in [0.29, 0.717) is 5.56 Å². The minimum Gasteiger partial charge on any atom is -0.350 e. The first-order chi connectivity index (χ1) is 8.69. The molecule has 6 nitrogen and oxygen atoms in total. The number of carbonyl (C=O) groups is 2. The van der Waals surface area contributed by atoms with Crippen LogP contribution in [0.2, 0.25) is 0 Å². The van der Waals surface area contributed by atoms with Crippen molar-refractivity contribution in [3.63, 3.8) is 0 Å². The van der Waals surface area contributed by atoms with Gasteiger partial charge in [-0.1, -0.05) is 0 Å². The zero-order valence-corrected chi connectivity index (χ0v) is 11.5. The molecule has 0 radical (unpaired) electrons. The third-order valence-electron chi connectivity index (χ3n) is 2.29. The molecule has 3 N–H and O–H groups in total. The Balaban J connectivity index is 2.64. The molecule has 1 aromatic rings. The first-order valence-corrected chi connectivity index (χ1v) is 6.01. The molecule has 0 saturated heterocycles. The van der Waals surface area contributed by atoms with Crippen LogP contribution in [0.15, 0.2) is 23.1 Å². The molecule has 0 aromatic carbocycles. The van der Waals surface area contributed by atoms with Crippen LogP contribution in [-0.2, 0) is 4.79 Å². The van der Waals surface area contributed by atoms with E-state index in [4.69, 9.17) is 0 Å². The molecule has 0 aliphatic rings. The molecule has 104 valence electrons. The van der Waals surface area contributed by atoms with Crippen LogP contribution in [0.3, 0.4) is 0 Å².